The molecule has 3 rings (SSSR count). The maximum Gasteiger partial charge on any atom is 0.246 e. The summed E-state index contributed by atoms with van der Waals surface area (Å²) in [5.74, 6) is 1.60. The Morgan fingerprint density at radius 3 is 2.50 bits per heavy atom. The summed E-state index contributed by atoms with van der Waals surface area (Å²) >= 11 is 1.65. The van der Waals surface area contributed by atoms with Gasteiger partial charge in [0.05, 0.1) is 13.2 Å². The molecule has 1 aromatic heterocycles. The molecule has 0 spiro atoms. The van der Waals surface area contributed by atoms with Crippen LogP contribution in [0, 0.1) is 6.92 Å². The number of hydrogen-bond acceptors (Lipinski definition) is 4. The Morgan fingerprint density at radius 1 is 1.19 bits per heavy atom. The van der Waals surface area contributed by atoms with Crippen LogP contribution >= 0.6 is 11.3 Å². The summed E-state index contributed by atoms with van der Waals surface area (Å²) in [5.41, 5.74) is 3.57. The lowest BCUT2D eigenvalue weighted by atomic mass is 9.98. The summed E-state index contributed by atoms with van der Waals surface area (Å²) < 4.78 is 11.4. The van der Waals surface area contributed by atoms with Crippen LogP contribution in [0.1, 0.15) is 35.4 Å². The highest BCUT2D eigenvalue weighted by Crippen LogP contribution is 2.34. The molecule has 1 aromatic carbocycles. The summed E-state index contributed by atoms with van der Waals surface area (Å²) in [6, 6.07) is 6.16. The largest absolute Gasteiger partial charge is 0.490 e. The monoisotopic (exact) mass is 371 g/mol. The smallest absolute Gasteiger partial charge is 0.246 e. The molecule has 0 bridgehead atoms. The predicted octanol–water partition coefficient (Wildman–Crippen LogP) is 4.45. The fraction of sp³-hybridized carbons (Fsp3) is 0.381. The first-order valence-electron chi connectivity index (χ1n) is 9.04. The molecule has 0 aliphatic carbocycles. The predicted molar refractivity (Wildman–Crippen MR) is 106 cm³/mol. The third-order valence-corrected chi connectivity index (χ3v) is 5.45. The molecule has 0 atom stereocenters. The van der Waals surface area contributed by atoms with Crippen LogP contribution in [0.4, 0.5) is 0 Å². The molecule has 26 heavy (non-hydrogen) atoms. The minimum absolute atomic E-state index is 0.0512. The third kappa shape index (κ3) is 4.10. The van der Waals surface area contributed by atoms with Gasteiger partial charge in [0.1, 0.15) is 0 Å². The van der Waals surface area contributed by atoms with E-state index in [9.17, 15) is 4.79 Å². The molecule has 0 unspecified atom stereocenters. The van der Waals surface area contributed by atoms with Gasteiger partial charge in [0.2, 0.25) is 5.91 Å². The van der Waals surface area contributed by atoms with E-state index in [1.165, 1.54) is 11.1 Å². The Hall–Kier alpha value is -2.27. The highest BCUT2D eigenvalue weighted by atomic mass is 32.1. The zero-order valence-electron chi connectivity index (χ0n) is 15.6. The maximum atomic E-state index is 12.6. The molecule has 4 nitrogen and oxygen atoms in total. The van der Waals surface area contributed by atoms with Crippen LogP contribution in [-0.2, 0) is 17.8 Å². The molecule has 2 aromatic rings. The number of hydrogen-bond donors (Lipinski definition) is 0. The minimum Gasteiger partial charge on any atom is -0.490 e. The van der Waals surface area contributed by atoms with E-state index in [0.29, 0.717) is 19.8 Å². The number of aryl methyl sites for hydroxylation is 1. The molecule has 138 valence electrons. The van der Waals surface area contributed by atoms with E-state index in [1.807, 2.05) is 36.3 Å². The lowest BCUT2D eigenvalue weighted by molar-refractivity contribution is -0.126. The first-order valence-corrected chi connectivity index (χ1v) is 9.92. The van der Waals surface area contributed by atoms with Gasteiger partial charge in [-0.2, -0.15) is 0 Å². The number of rotatable bonds is 6. The van der Waals surface area contributed by atoms with Gasteiger partial charge in [0.15, 0.2) is 11.5 Å². The van der Waals surface area contributed by atoms with Gasteiger partial charge < -0.3 is 14.4 Å². The van der Waals surface area contributed by atoms with Crippen molar-refractivity contribution in [1.82, 2.24) is 4.90 Å². The number of benzene rings is 1. The van der Waals surface area contributed by atoms with Crippen LogP contribution in [0.5, 0.6) is 11.5 Å². The lowest BCUT2D eigenvalue weighted by Gasteiger charge is -2.29. The SMILES string of the molecule is CCOc1cc2c(cc1OCC)CN(C(=O)/C=C/c1sccc1C)CC2. The standard InChI is InChI=1S/C21H25NO3S/c1-4-24-18-12-16-8-10-22(14-17(16)13-19(18)25-5-2)21(23)7-6-20-15(3)9-11-26-20/h6-7,9,11-13H,4-5,8,10,14H2,1-3H3/b7-6+. The van der Waals surface area contributed by atoms with Crippen LogP contribution in [-0.4, -0.2) is 30.6 Å². The summed E-state index contributed by atoms with van der Waals surface area (Å²) in [4.78, 5) is 15.6. The Kier molecular flexibility index (Phi) is 5.99. The van der Waals surface area contributed by atoms with Crippen LogP contribution in [0.2, 0.25) is 0 Å². The average Bonchev–Trinajstić information content (AvgIpc) is 3.05. The molecular weight excluding hydrogens is 346 g/mol. The van der Waals surface area contributed by atoms with Gasteiger partial charge >= 0.3 is 0 Å². The minimum atomic E-state index is 0.0512. The fourth-order valence-corrected chi connectivity index (χ4v) is 3.92. The second kappa shape index (κ2) is 8.41. The Morgan fingerprint density at radius 2 is 1.88 bits per heavy atom. The van der Waals surface area contributed by atoms with Gasteiger partial charge in [0, 0.05) is 24.0 Å². The van der Waals surface area contributed by atoms with Crippen LogP contribution < -0.4 is 9.47 Å². The Bertz CT molecular complexity index is 810. The van der Waals surface area contributed by atoms with E-state index in [2.05, 4.69) is 19.1 Å². The van der Waals surface area contributed by atoms with E-state index >= 15 is 0 Å². The van der Waals surface area contributed by atoms with E-state index in [1.54, 1.807) is 17.4 Å². The number of amides is 1. The molecule has 1 aliphatic heterocycles. The van der Waals surface area contributed by atoms with Crippen LogP contribution in [0.3, 0.4) is 0 Å². The molecule has 1 amide bonds. The van der Waals surface area contributed by atoms with Crippen molar-refractivity contribution in [2.75, 3.05) is 19.8 Å². The third-order valence-electron chi connectivity index (χ3n) is 4.47. The van der Waals surface area contributed by atoms with Crippen molar-refractivity contribution in [1.29, 1.82) is 0 Å². The number of carbonyl (C=O) groups excluding carboxylic acids is 1. The van der Waals surface area contributed by atoms with Crippen molar-refractivity contribution in [3.63, 3.8) is 0 Å². The molecule has 5 heteroatoms. The van der Waals surface area contributed by atoms with E-state index < -0.39 is 0 Å². The van der Waals surface area contributed by atoms with Gasteiger partial charge in [-0.05, 0) is 73.5 Å². The lowest BCUT2D eigenvalue weighted by Crippen LogP contribution is -2.34. The van der Waals surface area contributed by atoms with E-state index in [-0.39, 0.29) is 5.91 Å². The first kappa shape index (κ1) is 18.5. The summed E-state index contributed by atoms with van der Waals surface area (Å²) in [5, 5.41) is 2.04. The molecule has 0 saturated carbocycles. The number of ether oxygens (including phenoxy) is 2. The van der Waals surface area contributed by atoms with Crippen molar-refractivity contribution in [3.05, 3.63) is 51.2 Å². The molecular formula is C21H25NO3S. The number of fused-ring (bicyclic) bond motifs is 1. The van der Waals surface area contributed by atoms with Crippen LogP contribution in [0.15, 0.2) is 29.7 Å². The zero-order chi connectivity index (χ0) is 18.5. The second-order valence-corrected chi connectivity index (χ2v) is 7.19. The van der Waals surface area contributed by atoms with E-state index in [4.69, 9.17) is 9.47 Å². The number of nitrogens with zero attached hydrogens (tertiary/aromatic N) is 1. The number of thiophene rings is 1. The highest BCUT2D eigenvalue weighted by Gasteiger charge is 2.22. The molecule has 0 N–H and O–H groups in total. The van der Waals surface area contributed by atoms with Crippen molar-refractivity contribution in [3.8, 4) is 11.5 Å². The summed E-state index contributed by atoms with van der Waals surface area (Å²) in [7, 11) is 0. The van der Waals surface area contributed by atoms with E-state index in [0.717, 1.165) is 34.9 Å². The molecule has 0 radical (unpaired) electrons. The first-order chi connectivity index (χ1) is 12.6. The Labute approximate surface area is 159 Å². The van der Waals surface area contributed by atoms with Gasteiger partial charge in [-0.25, -0.2) is 0 Å². The fourth-order valence-electron chi connectivity index (χ4n) is 3.10. The average molecular weight is 372 g/mol. The molecule has 0 fully saturated rings. The van der Waals surface area contributed by atoms with Gasteiger partial charge in [-0.3, -0.25) is 4.79 Å². The van der Waals surface area contributed by atoms with Gasteiger partial charge in [-0.1, -0.05) is 0 Å². The normalized spacial score (nSPS) is 13.7. The topological polar surface area (TPSA) is 38.8 Å². The van der Waals surface area contributed by atoms with Crippen molar-refractivity contribution < 1.29 is 14.3 Å². The van der Waals surface area contributed by atoms with Crippen molar-refractivity contribution in [2.24, 2.45) is 0 Å². The molecule has 1 aliphatic rings. The number of carbonyl (C=O) groups is 1. The van der Waals surface area contributed by atoms with Crippen LogP contribution in [0.25, 0.3) is 6.08 Å². The van der Waals surface area contributed by atoms with Crippen molar-refractivity contribution in [2.45, 2.75) is 33.7 Å². The van der Waals surface area contributed by atoms with Crippen molar-refractivity contribution >= 4 is 23.3 Å². The Balaban J connectivity index is 1.76. The summed E-state index contributed by atoms with van der Waals surface area (Å²) in [6.07, 6.45) is 4.43. The quantitative estimate of drug-likeness (QED) is 0.704. The molecule has 2 heterocycles. The summed E-state index contributed by atoms with van der Waals surface area (Å²) in [6.45, 7) is 8.51. The zero-order valence-corrected chi connectivity index (χ0v) is 16.4. The molecule has 0 saturated heterocycles. The second-order valence-electron chi connectivity index (χ2n) is 6.24. The highest BCUT2D eigenvalue weighted by molar-refractivity contribution is 7.11. The van der Waals surface area contributed by atoms with Gasteiger partial charge in [0.25, 0.3) is 0 Å². The van der Waals surface area contributed by atoms with Gasteiger partial charge in [-0.15, -0.1) is 11.3 Å². The maximum absolute atomic E-state index is 12.6.